The largest absolute Gasteiger partial charge is 0.350 e. The van der Waals surface area contributed by atoms with Crippen LogP contribution in [0.4, 0.5) is 0 Å². The minimum atomic E-state index is -0.0609. The first-order chi connectivity index (χ1) is 11.6. The molecule has 6 heteroatoms. The first-order valence-electron chi connectivity index (χ1n) is 7.70. The van der Waals surface area contributed by atoms with E-state index in [1.165, 1.54) is 5.56 Å². The Labute approximate surface area is 145 Å². The Morgan fingerprint density at radius 1 is 1.29 bits per heavy atom. The molecule has 0 saturated carbocycles. The summed E-state index contributed by atoms with van der Waals surface area (Å²) >= 11 is 1.67. The number of benzene rings is 1. The highest BCUT2D eigenvalue weighted by Gasteiger charge is 2.16. The van der Waals surface area contributed by atoms with Crippen molar-refractivity contribution in [3.8, 4) is 5.69 Å². The maximum Gasteiger partial charge on any atom is 0.251 e. The molecule has 3 rings (SSSR count). The minimum absolute atomic E-state index is 0.0609. The summed E-state index contributed by atoms with van der Waals surface area (Å²) < 4.78 is 1.90. The Bertz CT molecular complexity index is 764. The normalized spacial score (nSPS) is 12.3. The number of nitrogens with one attached hydrogen (secondary N) is 1. The summed E-state index contributed by atoms with van der Waals surface area (Å²) in [4.78, 5) is 18.5. The van der Waals surface area contributed by atoms with Crippen molar-refractivity contribution in [3.63, 3.8) is 0 Å². The van der Waals surface area contributed by atoms with Gasteiger partial charge in [0.15, 0.2) is 0 Å². The molecule has 0 aliphatic heterocycles. The van der Waals surface area contributed by atoms with Gasteiger partial charge in [-0.1, -0.05) is 0 Å². The second-order valence-corrected chi connectivity index (χ2v) is 6.54. The lowest BCUT2D eigenvalue weighted by Gasteiger charge is -2.24. The Balaban J connectivity index is 1.64. The van der Waals surface area contributed by atoms with Crippen LogP contribution in [0.25, 0.3) is 5.69 Å². The summed E-state index contributed by atoms with van der Waals surface area (Å²) in [5.41, 5.74) is 2.86. The molecule has 1 unspecified atom stereocenters. The number of rotatable bonds is 6. The molecule has 1 atom stereocenters. The van der Waals surface area contributed by atoms with Gasteiger partial charge in [0.1, 0.15) is 0 Å². The maximum atomic E-state index is 12.4. The molecule has 1 N–H and O–H groups in total. The fourth-order valence-electron chi connectivity index (χ4n) is 2.55. The van der Waals surface area contributed by atoms with Crippen LogP contribution < -0.4 is 5.32 Å². The van der Waals surface area contributed by atoms with Gasteiger partial charge in [-0.25, -0.2) is 4.98 Å². The van der Waals surface area contributed by atoms with Gasteiger partial charge < -0.3 is 14.8 Å². The molecule has 5 nitrogen and oxygen atoms in total. The fraction of sp³-hybridized carbons (Fsp3) is 0.222. The van der Waals surface area contributed by atoms with E-state index in [2.05, 4.69) is 32.0 Å². The van der Waals surface area contributed by atoms with E-state index in [9.17, 15) is 4.79 Å². The van der Waals surface area contributed by atoms with Crippen LogP contribution in [0.3, 0.4) is 0 Å². The molecular formula is C18H20N4OS. The van der Waals surface area contributed by atoms with Crippen LogP contribution >= 0.6 is 11.3 Å². The first-order valence-corrected chi connectivity index (χ1v) is 8.64. The summed E-state index contributed by atoms with van der Waals surface area (Å²) in [7, 11) is 4.04. The molecule has 24 heavy (non-hydrogen) atoms. The number of likely N-dealkylation sites (N-methyl/N-ethyl adjacent to an activating group) is 1. The number of hydrogen-bond acceptors (Lipinski definition) is 4. The molecule has 2 aromatic heterocycles. The van der Waals surface area contributed by atoms with Crippen LogP contribution in [0.1, 0.15) is 22.0 Å². The molecule has 0 radical (unpaired) electrons. The standard InChI is InChI=1S/C18H20N4OS/c1-21(2)17(15-7-10-24-12-15)11-20-18(23)14-3-5-16(6-4-14)22-9-8-19-13-22/h3-10,12-13,17H,11H2,1-2H3,(H,20,23). The Hall–Kier alpha value is -2.44. The zero-order valence-electron chi connectivity index (χ0n) is 13.7. The van der Waals surface area contributed by atoms with Crippen molar-refractivity contribution in [1.82, 2.24) is 19.8 Å². The Kier molecular flexibility index (Phi) is 5.08. The van der Waals surface area contributed by atoms with Crippen molar-refractivity contribution in [3.05, 3.63) is 70.9 Å². The average Bonchev–Trinajstić information content (AvgIpc) is 3.28. The third-order valence-corrected chi connectivity index (χ3v) is 4.64. The van der Waals surface area contributed by atoms with E-state index in [4.69, 9.17) is 0 Å². The van der Waals surface area contributed by atoms with Gasteiger partial charge in [0.2, 0.25) is 0 Å². The van der Waals surface area contributed by atoms with Crippen LogP contribution in [0.2, 0.25) is 0 Å². The Morgan fingerprint density at radius 3 is 2.67 bits per heavy atom. The lowest BCUT2D eigenvalue weighted by atomic mass is 10.1. The van der Waals surface area contributed by atoms with Gasteiger partial charge in [-0.15, -0.1) is 0 Å². The zero-order valence-corrected chi connectivity index (χ0v) is 14.5. The molecule has 0 bridgehead atoms. The van der Waals surface area contributed by atoms with Gasteiger partial charge in [-0.2, -0.15) is 11.3 Å². The number of nitrogens with zero attached hydrogens (tertiary/aromatic N) is 3. The van der Waals surface area contributed by atoms with Gasteiger partial charge in [0, 0.05) is 30.2 Å². The predicted octanol–water partition coefficient (Wildman–Crippen LogP) is 2.97. The molecule has 124 valence electrons. The average molecular weight is 340 g/mol. The SMILES string of the molecule is CN(C)C(CNC(=O)c1ccc(-n2ccnc2)cc1)c1ccsc1. The van der Waals surface area contributed by atoms with Gasteiger partial charge in [-0.3, -0.25) is 4.79 Å². The molecule has 0 spiro atoms. The summed E-state index contributed by atoms with van der Waals surface area (Å²) in [6.45, 7) is 0.575. The minimum Gasteiger partial charge on any atom is -0.350 e. The zero-order chi connectivity index (χ0) is 16.9. The third kappa shape index (κ3) is 3.72. The van der Waals surface area contributed by atoms with Crippen molar-refractivity contribution in [1.29, 1.82) is 0 Å². The van der Waals surface area contributed by atoms with Crippen molar-refractivity contribution in [2.75, 3.05) is 20.6 Å². The highest BCUT2D eigenvalue weighted by molar-refractivity contribution is 7.07. The van der Waals surface area contributed by atoms with Crippen LogP contribution in [0, 0.1) is 0 Å². The van der Waals surface area contributed by atoms with Crippen molar-refractivity contribution >= 4 is 17.2 Å². The lowest BCUT2D eigenvalue weighted by Crippen LogP contribution is -2.34. The van der Waals surface area contributed by atoms with E-state index >= 15 is 0 Å². The number of hydrogen-bond donors (Lipinski definition) is 1. The van der Waals surface area contributed by atoms with Crippen molar-refractivity contribution in [2.24, 2.45) is 0 Å². The van der Waals surface area contributed by atoms with E-state index in [-0.39, 0.29) is 11.9 Å². The van der Waals surface area contributed by atoms with E-state index in [0.29, 0.717) is 12.1 Å². The number of thiophene rings is 1. The number of carbonyl (C=O) groups is 1. The second kappa shape index (κ2) is 7.42. The molecule has 1 aromatic carbocycles. The quantitative estimate of drug-likeness (QED) is 0.750. The van der Waals surface area contributed by atoms with Crippen LogP contribution in [-0.4, -0.2) is 41.0 Å². The highest BCUT2D eigenvalue weighted by atomic mass is 32.1. The van der Waals surface area contributed by atoms with Gasteiger partial charge in [0.05, 0.1) is 12.4 Å². The number of aromatic nitrogens is 2. The molecular weight excluding hydrogens is 320 g/mol. The van der Waals surface area contributed by atoms with Crippen LogP contribution in [0.5, 0.6) is 0 Å². The van der Waals surface area contributed by atoms with Crippen molar-refractivity contribution in [2.45, 2.75) is 6.04 Å². The number of carbonyl (C=O) groups excluding carboxylic acids is 1. The van der Waals surface area contributed by atoms with E-state index in [1.807, 2.05) is 49.1 Å². The summed E-state index contributed by atoms with van der Waals surface area (Å²) in [6.07, 6.45) is 5.33. The molecule has 0 aliphatic rings. The second-order valence-electron chi connectivity index (χ2n) is 5.76. The highest BCUT2D eigenvalue weighted by Crippen LogP contribution is 2.20. The molecule has 0 fully saturated rings. The lowest BCUT2D eigenvalue weighted by molar-refractivity contribution is 0.0942. The molecule has 2 heterocycles. The van der Waals surface area contributed by atoms with Gasteiger partial charge in [-0.05, 0) is 60.8 Å². The van der Waals surface area contributed by atoms with E-state index in [1.54, 1.807) is 23.9 Å². The van der Waals surface area contributed by atoms with Crippen LogP contribution in [-0.2, 0) is 0 Å². The van der Waals surface area contributed by atoms with Gasteiger partial charge >= 0.3 is 0 Å². The molecule has 3 aromatic rings. The number of amides is 1. The number of imidazole rings is 1. The van der Waals surface area contributed by atoms with Crippen molar-refractivity contribution < 1.29 is 4.79 Å². The third-order valence-electron chi connectivity index (χ3n) is 3.94. The summed E-state index contributed by atoms with van der Waals surface area (Å²) in [6, 6.07) is 9.77. The summed E-state index contributed by atoms with van der Waals surface area (Å²) in [5.74, 6) is -0.0609. The smallest absolute Gasteiger partial charge is 0.251 e. The maximum absolute atomic E-state index is 12.4. The fourth-order valence-corrected chi connectivity index (χ4v) is 3.26. The van der Waals surface area contributed by atoms with Gasteiger partial charge in [0.25, 0.3) is 5.91 Å². The Morgan fingerprint density at radius 2 is 2.08 bits per heavy atom. The van der Waals surface area contributed by atoms with E-state index in [0.717, 1.165) is 5.69 Å². The first kappa shape index (κ1) is 16.4. The monoisotopic (exact) mass is 340 g/mol. The predicted molar refractivity (Wildman–Crippen MR) is 96.6 cm³/mol. The van der Waals surface area contributed by atoms with Crippen LogP contribution in [0.15, 0.2) is 59.8 Å². The summed E-state index contributed by atoms with van der Waals surface area (Å²) in [5, 5.41) is 7.21. The van der Waals surface area contributed by atoms with E-state index < -0.39 is 0 Å². The molecule has 1 amide bonds. The topological polar surface area (TPSA) is 50.2 Å². The molecule has 0 aliphatic carbocycles. The molecule has 0 saturated heterocycles.